The van der Waals surface area contributed by atoms with E-state index >= 15 is 0 Å². The molecule has 5 nitrogen and oxygen atoms in total. The zero-order valence-electron chi connectivity index (χ0n) is 17.5. The fourth-order valence-corrected chi connectivity index (χ4v) is 6.45. The van der Waals surface area contributed by atoms with Crippen LogP contribution in [0.2, 0.25) is 0 Å². The van der Waals surface area contributed by atoms with Gasteiger partial charge in [0.25, 0.3) is 0 Å². The Labute approximate surface area is 180 Å². The van der Waals surface area contributed by atoms with Crippen LogP contribution in [-0.4, -0.2) is 75.2 Å². The van der Waals surface area contributed by atoms with E-state index in [0.717, 1.165) is 52.2 Å². The smallest absolute Gasteiger partial charge is 0.151 e. The molecule has 30 heavy (non-hydrogen) atoms. The van der Waals surface area contributed by atoms with Crippen LogP contribution in [0, 0.1) is 0 Å². The molecular weight excluding hydrogens is 396 g/mol. The Morgan fingerprint density at radius 1 is 0.967 bits per heavy atom. The van der Waals surface area contributed by atoms with Gasteiger partial charge in [0.15, 0.2) is 9.84 Å². The summed E-state index contributed by atoms with van der Waals surface area (Å²) in [5, 5.41) is 0. The van der Waals surface area contributed by atoms with Gasteiger partial charge >= 0.3 is 0 Å². The molecule has 0 bridgehead atoms. The first-order chi connectivity index (χ1) is 14.6. The highest BCUT2D eigenvalue weighted by Gasteiger charge is 2.36. The number of morpholine rings is 1. The number of benzene rings is 2. The van der Waals surface area contributed by atoms with E-state index in [9.17, 15) is 8.42 Å². The van der Waals surface area contributed by atoms with Gasteiger partial charge in [-0.05, 0) is 30.5 Å². The van der Waals surface area contributed by atoms with E-state index in [-0.39, 0.29) is 17.8 Å². The van der Waals surface area contributed by atoms with Crippen molar-refractivity contribution in [1.29, 1.82) is 0 Å². The first-order valence-electron chi connectivity index (χ1n) is 11.0. The van der Waals surface area contributed by atoms with E-state index in [0.29, 0.717) is 5.75 Å². The number of ether oxygens (including phenoxy) is 1. The Bertz CT molecular complexity index is 844. The van der Waals surface area contributed by atoms with E-state index in [4.69, 9.17) is 4.74 Å². The van der Waals surface area contributed by atoms with Crippen LogP contribution >= 0.6 is 0 Å². The quantitative estimate of drug-likeness (QED) is 0.647. The van der Waals surface area contributed by atoms with Crippen molar-refractivity contribution in [2.24, 2.45) is 0 Å². The molecule has 0 aliphatic carbocycles. The summed E-state index contributed by atoms with van der Waals surface area (Å²) in [6.45, 7) is 5.49. The van der Waals surface area contributed by atoms with Gasteiger partial charge in [-0.15, -0.1) is 0 Å². The van der Waals surface area contributed by atoms with Crippen LogP contribution in [0.1, 0.15) is 30.0 Å². The van der Waals surface area contributed by atoms with Gasteiger partial charge in [0.2, 0.25) is 0 Å². The number of hydrogen-bond donors (Lipinski definition) is 0. The first-order valence-corrected chi connectivity index (χ1v) is 12.8. The molecule has 0 unspecified atom stereocenters. The van der Waals surface area contributed by atoms with Gasteiger partial charge in [-0.2, -0.15) is 0 Å². The molecule has 2 aromatic rings. The van der Waals surface area contributed by atoms with Crippen molar-refractivity contribution in [3.05, 3.63) is 71.8 Å². The number of hydrogen-bond acceptors (Lipinski definition) is 5. The fourth-order valence-electron chi connectivity index (χ4n) is 4.71. The summed E-state index contributed by atoms with van der Waals surface area (Å²) in [4.78, 5) is 4.91. The van der Waals surface area contributed by atoms with E-state index < -0.39 is 9.84 Å². The lowest BCUT2D eigenvalue weighted by Gasteiger charge is -2.37. The molecule has 2 heterocycles. The van der Waals surface area contributed by atoms with Crippen molar-refractivity contribution < 1.29 is 13.2 Å². The molecule has 2 aliphatic heterocycles. The summed E-state index contributed by atoms with van der Waals surface area (Å²) in [5.41, 5.74) is 2.44. The molecule has 2 fully saturated rings. The topological polar surface area (TPSA) is 49.9 Å². The fraction of sp³-hybridized carbons (Fsp3) is 0.500. The minimum Gasteiger partial charge on any atom is -0.379 e. The van der Waals surface area contributed by atoms with Crippen molar-refractivity contribution in [2.75, 3.05) is 50.9 Å². The van der Waals surface area contributed by atoms with Crippen molar-refractivity contribution in [1.82, 2.24) is 9.80 Å². The minimum absolute atomic E-state index is 0.0603. The monoisotopic (exact) mass is 428 g/mol. The minimum atomic E-state index is -2.95. The largest absolute Gasteiger partial charge is 0.379 e. The zero-order chi connectivity index (χ0) is 20.8. The Morgan fingerprint density at radius 3 is 2.10 bits per heavy atom. The lowest BCUT2D eigenvalue weighted by Crippen LogP contribution is -2.42. The first kappa shape index (κ1) is 21.5. The van der Waals surface area contributed by atoms with E-state index in [2.05, 4.69) is 58.3 Å². The third kappa shape index (κ3) is 5.49. The van der Waals surface area contributed by atoms with Crippen LogP contribution in [0.3, 0.4) is 0 Å². The summed E-state index contributed by atoms with van der Waals surface area (Å²) in [7, 11) is -2.95. The summed E-state index contributed by atoms with van der Waals surface area (Å²) in [5.74, 6) is 0.564. The number of sulfone groups is 1. The molecule has 1 atom stereocenters. The van der Waals surface area contributed by atoms with E-state index in [1.165, 1.54) is 11.1 Å². The molecule has 2 aromatic carbocycles. The van der Waals surface area contributed by atoms with Gasteiger partial charge in [0.05, 0.1) is 30.8 Å². The number of rotatable bonds is 8. The van der Waals surface area contributed by atoms with E-state index in [1.54, 1.807) is 0 Å². The average Bonchev–Trinajstić information content (AvgIpc) is 3.14. The van der Waals surface area contributed by atoms with Gasteiger partial charge in [-0.3, -0.25) is 9.80 Å². The van der Waals surface area contributed by atoms with Crippen LogP contribution in [0.15, 0.2) is 60.7 Å². The molecule has 0 spiro atoms. The highest BCUT2D eigenvalue weighted by Crippen LogP contribution is 2.33. The second kappa shape index (κ2) is 10.1. The molecule has 0 radical (unpaired) electrons. The second-order valence-electron chi connectivity index (χ2n) is 8.33. The van der Waals surface area contributed by atoms with Crippen LogP contribution in [-0.2, 0) is 14.6 Å². The summed E-state index contributed by atoms with van der Waals surface area (Å²) in [6.07, 6.45) is 1.74. The second-order valence-corrected chi connectivity index (χ2v) is 10.6. The molecule has 2 aliphatic rings. The Balaban J connectivity index is 1.59. The standard InChI is InChI=1S/C24H32N2O3S/c27-30(28)19-12-23(20-30)26(14-7-13-25-15-17-29-18-16-25)24(21-8-3-1-4-9-21)22-10-5-2-6-11-22/h1-6,8-11,23-24H,7,12-20H2/t23-/m0/s1. The summed E-state index contributed by atoms with van der Waals surface area (Å²) < 4.78 is 30.1. The lowest BCUT2D eigenvalue weighted by atomic mass is 9.95. The third-order valence-corrected chi connectivity index (χ3v) is 7.98. The predicted molar refractivity (Wildman–Crippen MR) is 120 cm³/mol. The molecule has 0 amide bonds. The molecule has 0 N–H and O–H groups in total. The molecular formula is C24H32N2O3S. The SMILES string of the molecule is O=S1(=O)CC[C@H](N(CCCN2CCOCC2)C(c2ccccc2)c2ccccc2)C1. The van der Waals surface area contributed by atoms with Gasteiger partial charge < -0.3 is 4.74 Å². The van der Waals surface area contributed by atoms with Gasteiger partial charge in [-0.1, -0.05) is 60.7 Å². The molecule has 6 heteroatoms. The highest BCUT2D eigenvalue weighted by molar-refractivity contribution is 7.91. The molecule has 2 saturated heterocycles. The van der Waals surface area contributed by atoms with Crippen LogP contribution in [0.5, 0.6) is 0 Å². The van der Waals surface area contributed by atoms with Crippen molar-refractivity contribution >= 4 is 9.84 Å². The Hall–Kier alpha value is -1.73. The predicted octanol–water partition coefficient (Wildman–Crippen LogP) is 2.99. The van der Waals surface area contributed by atoms with Crippen LogP contribution in [0.25, 0.3) is 0 Å². The molecule has 4 rings (SSSR count). The van der Waals surface area contributed by atoms with Gasteiger partial charge in [0, 0.05) is 25.7 Å². The van der Waals surface area contributed by atoms with Gasteiger partial charge in [-0.25, -0.2) is 8.42 Å². The Morgan fingerprint density at radius 2 is 1.57 bits per heavy atom. The molecule has 0 saturated carbocycles. The zero-order valence-corrected chi connectivity index (χ0v) is 18.3. The van der Waals surface area contributed by atoms with Crippen molar-refractivity contribution in [3.63, 3.8) is 0 Å². The lowest BCUT2D eigenvalue weighted by molar-refractivity contribution is 0.0348. The number of nitrogens with zero attached hydrogens (tertiary/aromatic N) is 2. The summed E-state index contributed by atoms with van der Waals surface area (Å²) >= 11 is 0. The maximum absolute atomic E-state index is 12.3. The van der Waals surface area contributed by atoms with Crippen LogP contribution in [0.4, 0.5) is 0 Å². The Kier molecular flexibility index (Phi) is 7.20. The normalized spacial score (nSPS) is 22.0. The molecule has 0 aromatic heterocycles. The summed E-state index contributed by atoms with van der Waals surface area (Å²) in [6, 6.07) is 21.1. The average molecular weight is 429 g/mol. The highest BCUT2D eigenvalue weighted by atomic mass is 32.2. The van der Waals surface area contributed by atoms with E-state index in [1.807, 2.05) is 12.1 Å². The van der Waals surface area contributed by atoms with Crippen LogP contribution < -0.4 is 0 Å². The van der Waals surface area contributed by atoms with Crippen molar-refractivity contribution in [3.8, 4) is 0 Å². The molecule has 162 valence electrons. The third-order valence-electron chi connectivity index (χ3n) is 6.23. The maximum Gasteiger partial charge on any atom is 0.151 e. The maximum atomic E-state index is 12.3. The van der Waals surface area contributed by atoms with Gasteiger partial charge in [0.1, 0.15) is 0 Å². The van der Waals surface area contributed by atoms with Crippen molar-refractivity contribution in [2.45, 2.75) is 24.9 Å².